The average Bonchev–Trinajstić information content (AvgIpc) is 2.67. The number of halogens is 5. The molecule has 1 aliphatic rings. The van der Waals surface area contributed by atoms with E-state index in [0.717, 1.165) is 49.6 Å². The first-order valence-corrected chi connectivity index (χ1v) is 9.43. The Labute approximate surface area is 169 Å². The zero-order chi connectivity index (χ0) is 21.9. The molecule has 1 fully saturated rings. The normalized spacial score (nSPS) is 15.0. The lowest BCUT2D eigenvalue weighted by Crippen LogP contribution is -2.25. The highest BCUT2D eigenvalue weighted by Gasteiger charge is 2.32. The quantitative estimate of drug-likeness (QED) is 0.612. The number of benzene rings is 2. The van der Waals surface area contributed by atoms with Crippen LogP contribution in [-0.4, -0.2) is 11.8 Å². The summed E-state index contributed by atoms with van der Waals surface area (Å²) >= 11 is 0. The lowest BCUT2D eigenvalue weighted by Gasteiger charge is -2.21. The summed E-state index contributed by atoms with van der Waals surface area (Å²) in [5, 5.41) is 4.54. The molecule has 0 bridgehead atoms. The minimum Gasteiger partial charge on any atom is -0.326 e. The molecule has 0 spiro atoms. The first kappa shape index (κ1) is 21.7. The standard InChI is InChI=1S/C21H19F5N2O2/c22-16-7-4-8-17(23)18(16)20(30)28-15-10-13(21(24,25)26)9-14(11-15)27-19(29)12-5-2-1-3-6-12/h4,7-12H,1-3,5-6H2,(H,27,29)(H,28,30). The second-order valence-corrected chi connectivity index (χ2v) is 7.17. The van der Waals surface area contributed by atoms with E-state index in [1.807, 2.05) is 0 Å². The van der Waals surface area contributed by atoms with Gasteiger partial charge in [-0.1, -0.05) is 25.3 Å². The molecule has 1 saturated carbocycles. The van der Waals surface area contributed by atoms with E-state index >= 15 is 0 Å². The Hall–Kier alpha value is -2.97. The monoisotopic (exact) mass is 426 g/mol. The highest BCUT2D eigenvalue weighted by atomic mass is 19.4. The Morgan fingerprint density at radius 1 is 0.867 bits per heavy atom. The highest BCUT2D eigenvalue weighted by Crippen LogP contribution is 2.34. The first-order chi connectivity index (χ1) is 14.1. The van der Waals surface area contributed by atoms with Crippen LogP contribution in [0, 0.1) is 17.6 Å². The summed E-state index contributed by atoms with van der Waals surface area (Å²) in [7, 11) is 0. The molecule has 9 heteroatoms. The van der Waals surface area contributed by atoms with Crippen LogP contribution in [-0.2, 0) is 11.0 Å². The minimum atomic E-state index is -4.76. The van der Waals surface area contributed by atoms with Crippen LogP contribution >= 0.6 is 0 Å². The molecular weight excluding hydrogens is 407 g/mol. The molecule has 0 heterocycles. The van der Waals surface area contributed by atoms with E-state index in [2.05, 4.69) is 10.6 Å². The van der Waals surface area contributed by atoms with Gasteiger partial charge in [0.2, 0.25) is 5.91 Å². The van der Waals surface area contributed by atoms with Crippen LogP contribution in [0.3, 0.4) is 0 Å². The third-order valence-electron chi connectivity index (χ3n) is 4.95. The van der Waals surface area contributed by atoms with Crippen LogP contribution < -0.4 is 10.6 Å². The van der Waals surface area contributed by atoms with E-state index in [1.165, 1.54) is 0 Å². The number of anilines is 2. The van der Waals surface area contributed by atoms with Gasteiger partial charge in [0, 0.05) is 17.3 Å². The van der Waals surface area contributed by atoms with Crippen LogP contribution in [0.15, 0.2) is 36.4 Å². The van der Waals surface area contributed by atoms with Crippen LogP contribution in [0.2, 0.25) is 0 Å². The van der Waals surface area contributed by atoms with Crippen LogP contribution in [0.1, 0.15) is 48.0 Å². The summed E-state index contributed by atoms with van der Waals surface area (Å²) in [6.07, 6.45) is -0.696. The molecule has 2 aromatic carbocycles. The third kappa shape index (κ3) is 5.14. The molecule has 2 amide bonds. The van der Waals surface area contributed by atoms with Crippen molar-refractivity contribution in [1.82, 2.24) is 0 Å². The van der Waals surface area contributed by atoms with Crippen molar-refractivity contribution in [2.24, 2.45) is 5.92 Å². The molecule has 0 atom stereocenters. The molecule has 0 saturated heterocycles. The van der Waals surface area contributed by atoms with Crippen molar-refractivity contribution in [2.45, 2.75) is 38.3 Å². The van der Waals surface area contributed by atoms with Gasteiger partial charge in [-0.25, -0.2) is 8.78 Å². The number of carbonyl (C=O) groups is 2. The molecule has 1 aliphatic carbocycles. The van der Waals surface area contributed by atoms with E-state index in [-0.39, 0.29) is 17.3 Å². The Bertz CT molecular complexity index is 933. The molecule has 3 rings (SSSR count). The van der Waals surface area contributed by atoms with Crippen molar-refractivity contribution in [3.05, 3.63) is 59.2 Å². The first-order valence-electron chi connectivity index (χ1n) is 9.43. The SMILES string of the molecule is O=C(Nc1cc(NC(=O)C2CCCCC2)cc(C(F)(F)F)c1)c1c(F)cccc1F. The summed E-state index contributed by atoms with van der Waals surface area (Å²) < 4.78 is 67.4. The molecule has 0 aliphatic heterocycles. The van der Waals surface area contributed by atoms with E-state index < -0.39 is 40.8 Å². The molecular formula is C21H19F5N2O2. The van der Waals surface area contributed by atoms with E-state index in [4.69, 9.17) is 0 Å². The van der Waals surface area contributed by atoms with Crippen LogP contribution in [0.4, 0.5) is 33.3 Å². The molecule has 2 aromatic rings. The predicted octanol–water partition coefficient (Wildman–Crippen LogP) is 5.75. The Kier molecular flexibility index (Phi) is 6.38. The van der Waals surface area contributed by atoms with Gasteiger partial charge in [-0.3, -0.25) is 9.59 Å². The molecule has 160 valence electrons. The minimum absolute atomic E-state index is 0.162. The number of hydrogen-bond acceptors (Lipinski definition) is 2. The van der Waals surface area contributed by atoms with Crippen molar-refractivity contribution in [2.75, 3.05) is 10.6 Å². The van der Waals surface area contributed by atoms with Crippen molar-refractivity contribution in [1.29, 1.82) is 0 Å². The van der Waals surface area contributed by atoms with E-state index in [1.54, 1.807) is 0 Å². The van der Waals surface area contributed by atoms with Gasteiger partial charge in [-0.15, -0.1) is 0 Å². The molecule has 2 N–H and O–H groups in total. The van der Waals surface area contributed by atoms with Crippen molar-refractivity contribution in [3.63, 3.8) is 0 Å². The highest BCUT2D eigenvalue weighted by molar-refractivity contribution is 6.05. The Balaban J connectivity index is 1.87. The predicted molar refractivity (Wildman–Crippen MR) is 101 cm³/mol. The van der Waals surface area contributed by atoms with Crippen LogP contribution in [0.25, 0.3) is 0 Å². The van der Waals surface area contributed by atoms with Gasteiger partial charge < -0.3 is 10.6 Å². The number of nitrogens with one attached hydrogen (secondary N) is 2. The average molecular weight is 426 g/mol. The van der Waals surface area contributed by atoms with Gasteiger partial charge in [0.05, 0.1) is 5.56 Å². The fourth-order valence-corrected chi connectivity index (χ4v) is 3.45. The molecule has 0 radical (unpaired) electrons. The smallest absolute Gasteiger partial charge is 0.326 e. The topological polar surface area (TPSA) is 58.2 Å². The second-order valence-electron chi connectivity index (χ2n) is 7.17. The van der Waals surface area contributed by atoms with Crippen molar-refractivity contribution in [3.8, 4) is 0 Å². The number of rotatable bonds is 4. The largest absolute Gasteiger partial charge is 0.416 e. The summed E-state index contributed by atoms with van der Waals surface area (Å²) in [5.74, 6) is -4.23. The molecule has 0 unspecified atom stereocenters. The lowest BCUT2D eigenvalue weighted by molar-refractivity contribution is -0.137. The van der Waals surface area contributed by atoms with Crippen LogP contribution in [0.5, 0.6) is 0 Å². The van der Waals surface area contributed by atoms with Gasteiger partial charge in [-0.05, 0) is 43.2 Å². The van der Waals surface area contributed by atoms with E-state index in [9.17, 15) is 31.5 Å². The van der Waals surface area contributed by atoms with Gasteiger partial charge >= 0.3 is 6.18 Å². The van der Waals surface area contributed by atoms with Gasteiger partial charge in [0.15, 0.2) is 0 Å². The van der Waals surface area contributed by atoms with Crippen molar-refractivity contribution < 1.29 is 31.5 Å². The van der Waals surface area contributed by atoms with Gasteiger partial charge in [0.25, 0.3) is 5.91 Å². The molecule has 4 nitrogen and oxygen atoms in total. The third-order valence-corrected chi connectivity index (χ3v) is 4.95. The molecule has 0 aromatic heterocycles. The number of hydrogen-bond donors (Lipinski definition) is 2. The summed E-state index contributed by atoms with van der Waals surface area (Å²) in [6.45, 7) is 0. The Morgan fingerprint density at radius 2 is 1.43 bits per heavy atom. The lowest BCUT2D eigenvalue weighted by atomic mass is 9.88. The fraction of sp³-hybridized carbons (Fsp3) is 0.333. The van der Waals surface area contributed by atoms with E-state index in [0.29, 0.717) is 18.9 Å². The second kappa shape index (κ2) is 8.81. The fourth-order valence-electron chi connectivity index (χ4n) is 3.45. The Morgan fingerprint density at radius 3 is 2.00 bits per heavy atom. The zero-order valence-electron chi connectivity index (χ0n) is 15.8. The summed E-state index contributed by atoms with van der Waals surface area (Å²) in [4.78, 5) is 24.6. The maximum atomic E-state index is 13.8. The summed E-state index contributed by atoms with van der Waals surface area (Å²) in [6, 6.07) is 5.28. The van der Waals surface area contributed by atoms with Gasteiger partial charge in [0.1, 0.15) is 17.2 Å². The number of alkyl halides is 3. The van der Waals surface area contributed by atoms with Crippen molar-refractivity contribution >= 4 is 23.2 Å². The molecule has 30 heavy (non-hydrogen) atoms. The maximum absolute atomic E-state index is 13.8. The zero-order valence-corrected chi connectivity index (χ0v) is 15.8. The van der Waals surface area contributed by atoms with Gasteiger partial charge in [-0.2, -0.15) is 13.2 Å². The maximum Gasteiger partial charge on any atom is 0.416 e. The number of carbonyl (C=O) groups excluding carboxylic acids is 2. The number of amides is 2. The summed E-state index contributed by atoms with van der Waals surface area (Å²) in [5.41, 5.74) is -2.54.